The van der Waals surface area contributed by atoms with E-state index in [9.17, 15) is 56.7 Å². The van der Waals surface area contributed by atoms with E-state index in [1.54, 1.807) is 0 Å². The van der Waals surface area contributed by atoms with Crippen molar-refractivity contribution in [2.45, 2.75) is 19.6 Å². The van der Waals surface area contributed by atoms with Gasteiger partial charge in [-0.25, -0.2) is 0 Å². The third-order valence-electron chi connectivity index (χ3n) is 6.08. The van der Waals surface area contributed by atoms with Crippen LogP contribution in [0.15, 0.2) is 60.1 Å². The molecule has 14 nitrogen and oxygen atoms in total. The zero-order valence-corrected chi connectivity index (χ0v) is 23.0. The van der Waals surface area contributed by atoms with Crippen molar-refractivity contribution >= 4 is 84.3 Å². The van der Waals surface area contributed by atoms with Crippen LogP contribution in [0.4, 0.5) is 0 Å². The summed E-state index contributed by atoms with van der Waals surface area (Å²) in [4.78, 5) is 8.44. The lowest BCUT2D eigenvalue weighted by molar-refractivity contribution is 0.478. The topological polar surface area (TPSA) is 239 Å². The monoisotopic (exact) mass is 635 g/mol. The molecule has 5 aromatic rings. The van der Waals surface area contributed by atoms with Crippen molar-refractivity contribution in [3.8, 4) is 11.1 Å². The Morgan fingerprint density at radius 3 is 1.36 bits per heavy atom. The second kappa shape index (κ2) is 8.25. The molecule has 0 saturated carbocycles. The number of nitrogens with zero attached hydrogens (tertiary/aromatic N) is 1. The summed E-state index contributed by atoms with van der Waals surface area (Å²) in [5.74, 6) is 0. The van der Waals surface area contributed by atoms with Crippen LogP contribution in [0.1, 0.15) is 0 Å². The van der Waals surface area contributed by atoms with Gasteiger partial charge in [-0.2, -0.15) is 33.7 Å². The highest BCUT2D eigenvalue weighted by Gasteiger charge is 2.35. The fourth-order valence-corrected chi connectivity index (χ4v) is 8.79. The van der Waals surface area contributed by atoms with E-state index in [-0.39, 0.29) is 0 Å². The van der Waals surface area contributed by atoms with Crippen LogP contribution in [0, 0.1) is 0 Å². The predicted octanol–water partition coefficient (Wildman–Crippen LogP) is 2.00. The van der Waals surface area contributed by atoms with Gasteiger partial charge in [0, 0.05) is 50.3 Å². The number of hydrogen-bond donors (Lipinski definition) is 4. The Morgan fingerprint density at radius 2 is 1.03 bits per heavy atom. The highest BCUT2D eigenvalue weighted by atomic mass is 32.2. The third-order valence-corrected chi connectivity index (χ3v) is 10.6. The second-order valence-electron chi connectivity index (χ2n) is 8.32. The maximum atomic E-state index is 12.8. The van der Waals surface area contributed by atoms with Gasteiger partial charge in [-0.15, -0.1) is 0 Å². The van der Waals surface area contributed by atoms with Crippen molar-refractivity contribution in [3.63, 3.8) is 0 Å². The standard InChI is InChI=1S/C20H13NO13S5/c1-21-20(22)12(7-35-21)17-18(38(29,30)31)10-4-2-8-13(36(23,24)25)6-14(37(26,27)28)9-3-5-11(16(10)15(8)9)19(17)39(32,33)34/h2-7H,1H3,(H,23,24,25)(H,26,27,28)(H,29,30,31)(H,32,33,34). The van der Waals surface area contributed by atoms with Crippen LogP contribution < -0.4 is 5.56 Å². The van der Waals surface area contributed by atoms with Gasteiger partial charge in [0.25, 0.3) is 46.0 Å². The van der Waals surface area contributed by atoms with E-state index in [4.69, 9.17) is 0 Å². The molecule has 4 N–H and O–H groups in total. The van der Waals surface area contributed by atoms with Crippen LogP contribution in [0.2, 0.25) is 0 Å². The first kappa shape index (κ1) is 27.6. The lowest BCUT2D eigenvalue weighted by Crippen LogP contribution is -2.16. The fraction of sp³-hybridized carbons (Fsp3) is 0.0500. The summed E-state index contributed by atoms with van der Waals surface area (Å²) in [7, 11) is -20.0. The van der Waals surface area contributed by atoms with Gasteiger partial charge in [0.15, 0.2) is 0 Å². The van der Waals surface area contributed by atoms with Crippen molar-refractivity contribution in [1.29, 1.82) is 0 Å². The van der Waals surface area contributed by atoms with Gasteiger partial charge >= 0.3 is 0 Å². The summed E-state index contributed by atoms with van der Waals surface area (Å²) in [5.41, 5.74) is -2.28. The molecule has 0 saturated heterocycles. The molecule has 4 aromatic carbocycles. The van der Waals surface area contributed by atoms with Gasteiger partial charge in [-0.3, -0.25) is 27.0 Å². The summed E-state index contributed by atoms with van der Waals surface area (Å²) in [6.07, 6.45) is 0. The molecule has 5 rings (SSSR count). The first-order valence-electron chi connectivity index (χ1n) is 10.1. The van der Waals surface area contributed by atoms with E-state index >= 15 is 0 Å². The average Bonchev–Trinajstić information content (AvgIpc) is 3.10. The summed E-state index contributed by atoms with van der Waals surface area (Å²) in [6.45, 7) is 0. The number of aromatic nitrogens is 1. The number of hydrogen-bond acceptors (Lipinski definition) is 10. The Kier molecular flexibility index (Phi) is 5.83. The van der Waals surface area contributed by atoms with Crippen LogP contribution in [0.25, 0.3) is 43.4 Å². The molecular weight excluding hydrogens is 623 g/mol. The Balaban J connectivity index is 2.28. The van der Waals surface area contributed by atoms with Crippen LogP contribution >= 0.6 is 11.5 Å². The maximum absolute atomic E-state index is 12.8. The summed E-state index contributed by atoms with van der Waals surface area (Å²) >= 11 is 0.752. The molecule has 19 heteroatoms. The molecule has 0 bridgehead atoms. The number of benzene rings is 4. The molecule has 1 aromatic heterocycles. The predicted molar refractivity (Wildman–Crippen MR) is 138 cm³/mol. The van der Waals surface area contributed by atoms with Crippen molar-refractivity contribution in [1.82, 2.24) is 3.96 Å². The largest absolute Gasteiger partial charge is 0.295 e. The van der Waals surface area contributed by atoms with E-state index in [0.29, 0.717) is 6.07 Å². The number of aryl methyl sites for hydroxylation is 1. The molecule has 206 valence electrons. The van der Waals surface area contributed by atoms with Gasteiger partial charge < -0.3 is 0 Å². The van der Waals surface area contributed by atoms with E-state index in [0.717, 1.165) is 45.1 Å². The van der Waals surface area contributed by atoms with E-state index < -0.39 is 109 Å². The van der Waals surface area contributed by atoms with Crippen molar-refractivity contribution < 1.29 is 51.9 Å². The molecule has 0 unspecified atom stereocenters. The van der Waals surface area contributed by atoms with Crippen molar-refractivity contribution in [2.75, 3.05) is 0 Å². The van der Waals surface area contributed by atoms with Crippen LogP contribution in [0.5, 0.6) is 0 Å². The summed E-state index contributed by atoms with van der Waals surface area (Å²) in [5, 5.41) is -1.65. The first-order valence-corrected chi connectivity index (χ1v) is 16.7. The molecule has 0 spiro atoms. The van der Waals surface area contributed by atoms with Crippen LogP contribution in [0.3, 0.4) is 0 Å². The van der Waals surface area contributed by atoms with Gasteiger partial charge in [0.2, 0.25) is 0 Å². The highest BCUT2D eigenvalue weighted by Crippen LogP contribution is 2.48. The normalized spacial score (nSPS) is 13.7. The molecule has 39 heavy (non-hydrogen) atoms. The van der Waals surface area contributed by atoms with E-state index in [2.05, 4.69) is 0 Å². The Hall–Kier alpha value is -3.01. The Labute approximate surface area is 223 Å². The van der Waals surface area contributed by atoms with Crippen molar-refractivity contribution in [2.24, 2.45) is 7.05 Å². The quantitative estimate of drug-likeness (QED) is 0.160. The zero-order valence-electron chi connectivity index (χ0n) is 18.9. The molecule has 0 radical (unpaired) electrons. The van der Waals surface area contributed by atoms with E-state index in [1.807, 2.05) is 0 Å². The molecule has 0 aliphatic rings. The minimum atomic E-state index is -5.43. The van der Waals surface area contributed by atoms with E-state index in [1.165, 1.54) is 7.05 Å². The second-order valence-corrected chi connectivity index (χ2v) is 14.8. The molecular formula is C20H13NO13S5. The molecule has 0 aliphatic heterocycles. The lowest BCUT2D eigenvalue weighted by atomic mass is 9.91. The maximum Gasteiger partial charge on any atom is 0.295 e. The first-order chi connectivity index (χ1) is 17.7. The summed E-state index contributed by atoms with van der Waals surface area (Å²) in [6, 6.07) is 4.27. The molecule has 1 heterocycles. The fourth-order valence-electron chi connectivity index (χ4n) is 4.70. The average molecular weight is 636 g/mol. The number of rotatable bonds is 5. The molecule has 0 amide bonds. The van der Waals surface area contributed by atoms with Crippen LogP contribution in [-0.4, -0.2) is 55.8 Å². The Morgan fingerprint density at radius 1 is 0.641 bits per heavy atom. The SMILES string of the molecule is Cn1scc(-c2c(S(=O)(=O)O)c3ccc4c(S(=O)(=O)O)cc(S(=O)(=O)O)c5ccc(c2S(=O)(=O)O)c3c45)c1=O. The minimum Gasteiger partial charge on any atom is -0.282 e. The third kappa shape index (κ3) is 4.13. The highest BCUT2D eigenvalue weighted by molar-refractivity contribution is 7.87. The smallest absolute Gasteiger partial charge is 0.282 e. The molecule has 0 atom stereocenters. The molecule has 0 fully saturated rings. The van der Waals surface area contributed by atoms with Gasteiger partial charge in [0.05, 0.1) is 5.56 Å². The minimum absolute atomic E-state index is 0.417. The van der Waals surface area contributed by atoms with Gasteiger partial charge in [0.1, 0.15) is 19.6 Å². The summed E-state index contributed by atoms with van der Waals surface area (Å²) < 4.78 is 141. The Bertz CT molecular complexity index is 2270. The van der Waals surface area contributed by atoms with Gasteiger partial charge in [-0.1, -0.05) is 35.8 Å². The van der Waals surface area contributed by atoms with Gasteiger partial charge in [-0.05, 0) is 6.07 Å². The molecule has 0 aliphatic carbocycles. The van der Waals surface area contributed by atoms with Crippen LogP contribution in [-0.2, 0) is 47.5 Å². The lowest BCUT2D eigenvalue weighted by Gasteiger charge is -2.20. The van der Waals surface area contributed by atoms with Crippen molar-refractivity contribution in [3.05, 3.63) is 46.1 Å². The zero-order chi connectivity index (χ0) is 29.0.